The molecule has 0 bridgehead atoms. The van der Waals surface area contributed by atoms with Crippen LogP contribution in [0.3, 0.4) is 0 Å². The molecule has 0 unspecified atom stereocenters. The van der Waals surface area contributed by atoms with Crippen molar-refractivity contribution in [3.8, 4) is 16.3 Å². The Kier molecular flexibility index (Phi) is 5.62. The van der Waals surface area contributed by atoms with E-state index in [0.29, 0.717) is 20.2 Å². The van der Waals surface area contributed by atoms with Gasteiger partial charge in [0, 0.05) is 10.9 Å². The van der Waals surface area contributed by atoms with Crippen LogP contribution in [0, 0.1) is 0 Å². The highest BCUT2D eigenvalue weighted by Crippen LogP contribution is 2.32. The summed E-state index contributed by atoms with van der Waals surface area (Å²) in [7, 11) is 0. The molecule has 1 aromatic heterocycles. The van der Waals surface area contributed by atoms with Crippen LogP contribution in [0.25, 0.3) is 10.6 Å². The molecule has 0 atom stereocenters. The lowest BCUT2D eigenvalue weighted by Crippen LogP contribution is -2.17. The summed E-state index contributed by atoms with van der Waals surface area (Å²) in [6.07, 6.45) is 1.48. The number of rotatable bonds is 4. The quantitative estimate of drug-likeness (QED) is 0.415. The topological polar surface area (TPSA) is 74.6 Å². The fourth-order valence-electron chi connectivity index (χ4n) is 1.97. The predicted octanol–water partition coefficient (Wildman–Crippen LogP) is 4.80. The zero-order valence-corrected chi connectivity index (χ0v) is 16.6. The molecule has 8 heteroatoms. The first-order chi connectivity index (χ1) is 12.0. The number of hydrazone groups is 1. The van der Waals surface area contributed by atoms with Crippen molar-refractivity contribution in [1.82, 2.24) is 10.4 Å². The van der Waals surface area contributed by atoms with Crippen LogP contribution >= 0.6 is 43.2 Å². The minimum absolute atomic E-state index is 0.108. The van der Waals surface area contributed by atoms with Crippen molar-refractivity contribution in [3.05, 3.63) is 68.0 Å². The Morgan fingerprint density at radius 3 is 2.56 bits per heavy atom. The molecule has 3 rings (SSSR count). The summed E-state index contributed by atoms with van der Waals surface area (Å²) in [5, 5.41) is 16.1. The van der Waals surface area contributed by atoms with Crippen molar-refractivity contribution in [1.29, 1.82) is 0 Å². The number of benzene rings is 2. The lowest BCUT2D eigenvalue weighted by atomic mass is 10.2. The number of carbonyl (C=O) groups is 1. The second-order valence-corrected chi connectivity index (χ2v) is 7.50. The fraction of sp³-hybridized carbons (Fsp3) is 0. The first kappa shape index (κ1) is 17.8. The molecule has 126 valence electrons. The Hall–Kier alpha value is -2.03. The third-order valence-corrected chi connectivity index (χ3v) is 5.28. The van der Waals surface area contributed by atoms with Gasteiger partial charge in [0.15, 0.2) is 0 Å². The van der Waals surface area contributed by atoms with Crippen LogP contribution in [0.1, 0.15) is 16.1 Å². The molecule has 0 aliphatic carbocycles. The van der Waals surface area contributed by atoms with Crippen LogP contribution in [-0.4, -0.2) is 22.2 Å². The normalized spacial score (nSPS) is 11.0. The van der Waals surface area contributed by atoms with E-state index in [-0.39, 0.29) is 11.7 Å². The minimum atomic E-state index is -0.383. The summed E-state index contributed by atoms with van der Waals surface area (Å²) >= 11 is 7.89. The highest BCUT2D eigenvalue weighted by Gasteiger charge is 2.11. The first-order valence-electron chi connectivity index (χ1n) is 7.07. The summed E-state index contributed by atoms with van der Waals surface area (Å²) in [6, 6.07) is 13.0. The molecule has 3 aromatic rings. The van der Waals surface area contributed by atoms with Crippen molar-refractivity contribution in [3.63, 3.8) is 0 Å². The van der Waals surface area contributed by atoms with Crippen LogP contribution in [0.4, 0.5) is 0 Å². The Balaban J connectivity index is 1.68. The second-order valence-electron chi connectivity index (χ2n) is 4.94. The van der Waals surface area contributed by atoms with Crippen LogP contribution in [0.2, 0.25) is 0 Å². The fourth-order valence-corrected chi connectivity index (χ4v) is 4.00. The maximum absolute atomic E-state index is 12.1. The smallest absolute Gasteiger partial charge is 0.290 e. The number of nitrogens with zero attached hydrogens (tertiary/aromatic N) is 2. The van der Waals surface area contributed by atoms with E-state index in [1.54, 1.807) is 17.5 Å². The number of carbonyl (C=O) groups excluding carboxylic acids is 1. The Labute approximate surface area is 164 Å². The molecule has 0 aliphatic heterocycles. The summed E-state index contributed by atoms with van der Waals surface area (Å²) in [6.45, 7) is 0. The van der Waals surface area contributed by atoms with Crippen LogP contribution in [-0.2, 0) is 0 Å². The molecule has 0 saturated heterocycles. The van der Waals surface area contributed by atoms with E-state index in [0.717, 1.165) is 10.6 Å². The standard InChI is InChI=1S/C17H11Br2N3O2S/c18-12-6-10(7-13(19)15(12)23)8-20-22-16(24)14-9-25-17(21-14)11-4-2-1-3-5-11/h1-9,23H,(H,22,24)/b20-8+. The molecule has 2 N–H and O–H groups in total. The number of thiazole rings is 1. The van der Waals surface area contributed by atoms with Gasteiger partial charge in [-0.2, -0.15) is 5.10 Å². The molecule has 1 heterocycles. The Morgan fingerprint density at radius 1 is 1.20 bits per heavy atom. The van der Waals surface area contributed by atoms with Gasteiger partial charge in [0.1, 0.15) is 16.5 Å². The SMILES string of the molecule is O=C(N/N=C/c1cc(Br)c(O)c(Br)c1)c1csc(-c2ccccc2)n1. The van der Waals surface area contributed by atoms with Gasteiger partial charge in [-0.3, -0.25) is 4.79 Å². The Morgan fingerprint density at radius 2 is 1.88 bits per heavy atom. The van der Waals surface area contributed by atoms with Gasteiger partial charge in [-0.05, 0) is 49.6 Å². The molecular weight excluding hydrogens is 470 g/mol. The highest BCUT2D eigenvalue weighted by molar-refractivity contribution is 9.11. The van der Waals surface area contributed by atoms with Crippen LogP contribution in [0.15, 0.2) is 61.9 Å². The van der Waals surface area contributed by atoms with E-state index in [2.05, 4.69) is 47.4 Å². The number of nitrogens with one attached hydrogen (secondary N) is 1. The summed E-state index contributed by atoms with van der Waals surface area (Å²) in [5.74, 6) is -0.274. The van der Waals surface area contributed by atoms with Crippen molar-refractivity contribution in [2.24, 2.45) is 5.10 Å². The zero-order chi connectivity index (χ0) is 17.8. The number of phenolic OH excluding ortho intramolecular Hbond substituents is 1. The van der Waals surface area contributed by atoms with Gasteiger partial charge in [0.25, 0.3) is 5.91 Å². The van der Waals surface area contributed by atoms with Gasteiger partial charge < -0.3 is 5.11 Å². The number of hydrogen-bond donors (Lipinski definition) is 2. The summed E-state index contributed by atoms with van der Waals surface area (Å²) in [5.41, 5.74) is 4.44. The lowest BCUT2D eigenvalue weighted by Gasteiger charge is -2.02. The molecule has 5 nitrogen and oxygen atoms in total. The number of hydrogen-bond acceptors (Lipinski definition) is 5. The molecule has 0 aliphatic rings. The molecule has 25 heavy (non-hydrogen) atoms. The highest BCUT2D eigenvalue weighted by atomic mass is 79.9. The van der Waals surface area contributed by atoms with Crippen molar-refractivity contribution >= 4 is 55.3 Å². The van der Waals surface area contributed by atoms with Gasteiger partial charge in [0.05, 0.1) is 15.2 Å². The van der Waals surface area contributed by atoms with Crippen LogP contribution < -0.4 is 5.43 Å². The van der Waals surface area contributed by atoms with Crippen molar-refractivity contribution < 1.29 is 9.90 Å². The first-order valence-corrected chi connectivity index (χ1v) is 9.53. The van der Waals surface area contributed by atoms with E-state index in [9.17, 15) is 9.90 Å². The van der Waals surface area contributed by atoms with Gasteiger partial charge in [0.2, 0.25) is 0 Å². The molecule has 0 fully saturated rings. The van der Waals surface area contributed by atoms with Gasteiger partial charge in [-0.15, -0.1) is 11.3 Å². The van der Waals surface area contributed by atoms with E-state index in [1.807, 2.05) is 30.3 Å². The maximum Gasteiger partial charge on any atom is 0.290 e. The minimum Gasteiger partial charge on any atom is -0.506 e. The third-order valence-electron chi connectivity index (χ3n) is 3.18. The molecule has 1 amide bonds. The predicted molar refractivity (Wildman–Crippen MR) is 106 cm³/mol. The van der Waals surface area contributed by atoms with Crippen molar-refractivity contribution in [2.45, 2.75) is 0 Å². The number of halogens is 2. The van der Waals surface area contributed by atoms with E-state index < -0.39 is 0 Å². The number of aromatic hydroxyl groups is 1. The monoisotopic (exact) mass is 479 g/mol. The third kappa shape index (κ3) is 4.33. The summed E-state index contributed by atoms with van der Waals surface area (Å²) in [4.78, 5) is 16.5. The van der Waals surface area contributed by atoms with E-state index in [1.165, 1.54) is 17.6 Å². The number of aromatic nitrogens is 1. The number of phenols is 1. The average molecular weight is 481 g/mol. The van der Waals surface area contributed by atoms with Gasteiger partial charge >= 0.3 is 0 Å². The van der Waals surface area contributed by atoms with E-state index >= 15 is 0 Å². The molecule has 2 aromatic carbocycles. The van der Waals surface area contributed by atoms with E-state index in [4.69, 9.17) is 0 Å². The zero-order valence-electron chi connectivity index (χ0n) is 12.6. The largest absolute Gasteiger partial charge is 0.506 e. The lowest BCUT2D eigenvalue weighted by molar-refractivity contribution is 0.0951. The summed E-state index contributed by atoms with van der Waals surface area (Å²) < 4.78 is 1.06. The molecular formula is C17H11Br2N3O2S. The second kappa shape index (κ2) is 7.90. The molecule has 0 spiro atoms. The number of amides is 1. The van der Waals surface area contributed by atoms with Gasteiger partial charge in [-0.25, -0.2) is 10.4 Å². The average Bonchev–Trinajstić information content (AvgIpc) is 3.10. The van der Waals surface area contributed by atoms with Crippen molar-refractivity contribution in [2.75, 3.05) is 0 Å². The Bertz CT molecular complexity index is 919. The molecule has 0 radical (unpaired) electrons. The van der Waals surface area contributed by atoms with Crippen LogP contribution in [0.5, 0.6) is 5.75 Å². The van der Waals surface area contributed by atoms with Gasteiger partial charge in [-0.1, -0.05) is 30.3 Å². The maximum atomic E-state index is 12.1. The molecule has 0 saturated carbocycles.